The van der Waals surface area contributed by atoms with Gasteiger partial charge in [-0.05, 0) is 25.0 Å². The molecule has 3 rings (SSSR count). The summed E-state index contributed by atoms with van der Waals surface area (Å²) in [6.07, 6.45) is 6.77. The van der Waals surface area contributed by atoms with Gasteiger partial charge in [0.25, 0.3) is 0 Å². The first-order chi connectivity index (χ1) is 12.2. The monoisotopic (exact) mass is 378 g/mol. The smallest absolute Gasteiger partial charge is 0.200 e. The van der Waals surface area contributed by atoms with Gasteiger partial charge in [0.2, 0.25) is 5.95 Å². The van der Waals surface area contributed by atoms with Crippen molar-refractivity contribution in [2.24, 2.45) is 0 Å². The van der Waals surface area contributed by atoms with Crippen LogP contribution in [0.2, 0.25) is 10.0 Å². The minimum absolute atomic E-state index is 0.526. The van der Waals surface area contributed by atoms with Gasteiger partial charge in [-0.15, -0.1) is 5.10 Å². The number of nitrogens with zero attached hydrogens (tertiary/aromatic N) is 4. The highest BCUT2D eigenvalue weighted by Crippen LogP contribution is 2.27. The third-order valence-electron chi connectivity index (χ3n) is 3.76. The van der Waals surface area contributed by atoms with Crippen molar-refractivity contribution < 1.29 is 0 Å². The molecule has 132 valence electrons. The van der Waals surface area contributed by atoms with Gasteiger partial charge in [-0.1, -0.05) is 47.8 Å². The van der Waals surface area contributed by atoms with E-state index in [1.54, 1.807) is 12.3 Å². The zero-order valence-electron chi connectivity index (χ0n) is 14.0. The van der Waals surface area contributed by atoms with Gasteiger partial charge in [0.15, 0.2) is 0 Å². The molecular weight excluding hydrogens is 359 g/mol. The van der Waals surface area contributed by atoms with Crippen LogP contribution < -0.4 is 5.32 Å². The van der Waals surface area contributed by atoms with Crippen LogP contribution in [0.4, 0.5) is 5.95 Å². The quantitative estimate of drug-likeness (QED) is 0.568. The van der Waals surface area contributed by atoms with E-state index < -0.39 is 0 Å². The molecule has 0 aliphatic carbocycles. The van der Waals surface area contributed by atoms with Crippen molar-refractivity contribution in [2.45, 2.75) is 32.7 Å². The van der Waals surface area contributed by atoms with Crippen molar-refractivity contribution in [3.8, 4) is 11.3 Å². The Morgan fingerprint density at radius 1 is 1.24 bits per heavy atom. The van der Waals surface area contributed by atoms with Gasteiger partial charge in [-0.3, -0.25) is 4.68 Å². The third-order valence-corrected chi connectivity index (χ3v) is 4.49. The number of anilines is 1. The summed E-state index contributed by atoms with van der Waals surface area (Å²) in [7, 11) is 0. The molecule has 0 aliphatic heterocycles. The highest BCUT2D eigenvalue weighted by Gasteiger charge is 2.06. The number of aryl methyl sites for hydroxylation is 2. The number of aromatic amines is 1. The van der Waals surface area contributed by atoms with Gasteiger partial charge in [0, 0.05) is 24.8 Å². The van der Waals surface area contributed by atoms with Crippen LogP contribution in [-0.4, -0.2) is 31.5 Å². The summed E-state index contributed by atoms with van der Waals surface area (Å²) < 4.78 is 1.88. The molecule has 25 heavy (non-hydrogen) atoms. The topological polar surface area (TPSA) is 71.4 Å². The largest absolute Gasteiger partial charge is 0.356 e. The summed E-state index contributed by atoms with van der Waals surface area (Å²) in [6, 6.07) is 5.50. The summed E-state index contributed by atoms with van der Waals surface area (Å²) in [5.41, 5.74) is 2.88. The lowest BCUT2D eigenvalue weighted by atomic mass is 10.2. The van der Waals surface area contributed by atoms with E-state index in [1.807, 2.05) is 23.0 Å². The molecule has 2 N–H and O–H groups in total. The van der Waals surface area contributed by atoms with Gasteiger partial charge < -0.3 is 10.3 Å². The Hall–Kier alpha value is -2.05. The predicted molar refractivity (Wildman–Crippen MR) is 101 cm³/mol. The normalized spacial score (nSPS) is 11.0. The standard InChI is InChI=1S/C17H20Cl2N6/c1-2-4-13-11-25(24-23-13)8-3-7-20-17-21-10-16(22-17)12-5-6-14(18)15(19)9-12/h5-6,9-11H,2-4,7-8H2,1H3,(H2,20,21,22). The molecule has 6 nitrogen and oxygen atoms in total. The van der Waals surface area contributed by atoms with E-state index in [9.17, 15) is 0 Å². The van der Waals surface area contributed by atoms with E-state index in [1.165, 1.54) is 0 Å². The Kier molecular flexibility index (Phi) is 5.94. The lowest BCUT2D eigenvalue weighted by Gasteiger charge is -2.03. The molecule has 0 amide bonds. The molecular formula is C17H20Cl2N6. The summed E-state index contributed by atoms with van der Waals surface area (Å²) in [5.74, 6) is 0.728. The van der Waals surface area contributed by atoms with Gasteiger partial charge in [0.1, 0.15) is 0 Å². The van der Waals surface area contributed by atoms with E-state index in [0.717, 1.165) is 55.3 Å². The minimum atomic E-state index is 0.526. The Labute approximate surface area is 156 Å². The molecule has 2 heterocycles. The number of nitrogens with one attached hydrogen (secondary N) is 2. The summed E-state index contributed by atoms with van der Waals surface area (Å²) in [5, 5.41) is 12.6. The fraction of sp³-hybridized carbons (Fsp3) is 0.353. The second kappa shape index (κ2) is 8.36. The van der Waals surface area contributed by atoms with Crippen molar-refractivity contribution in [1.82, 2.24) is 25.0 Å². The lowest BCUT2D eigenvalue weighted by molar-refractivity contribution is 0.569. The van der Waals surface area contributed by atoms with Gasteiger partial charge in [-0.25, -0.2) is 4.98 Å². The molecule has 0 saturated heterocycles. The molecule has 0 aliphatic rings. The number of hydrogen-bond donors (Lipinski definition) is 2. The second-order valence-electron chi connectivity index (χ2n) is 5.78. The SMILES string of the molecule is CCCc1cn(CCCNc2ncc(-c3ccc(Cl)c(Cl)c3)[nH]2)nn1. The van der Waals surface area contributed by atoms with Crippen LogP contribution >= 0.6 is 23.2 Å². The maximum atomic E-state index is 6.06. The molecule has 8 heteroatoms. The zero-order chi connectivity index (χ0) is 17.6. The Morgan fingerprint density at radius 2 is 2.12 bits per heavy atom. The fourth-order valence-electron chi connectivity index (χ4n) is 2.49. The number of imidazole rings is 1. The van der Waals surface area contributed by atoms with Crippen molar-refractivity contribution in [2.75, 3.05) is 11.9 Å². The highest BCUT2D eigenvalue weighted by atomic mass is 35.5. The molecule has 0 fully saturated rings. The summed E-state index contributed by atoms with van der Waals surface area (Å²) in [6.45, 7) is 3.75. The van der Waals surface area contributed by atoms with Crippen LogP contribution in [0.3, 0.4) is 0 Å². The van der Waals surface area contributed by atoms with Gasteiger partial charge in [0.05, 0.1) is 27.6 Å². The van der Waals surface area contributed by atoms with Crippen LogP contribution in [-0.2, 0) is 13.0 Å². The number of halogens is 2. The zero-order valence-corrected chi connectivity index (χ0v) is 15.5. The van der Waals surface area contributed by atoms with Gasteiger partial charge >= 0.3 is 0 Å². The second-order valence-corrected chi connectivity index (χ2v) is 6.59. The molecule has 3 aromatic rings. The van der Waals surface area contributed by atoms with Crippen molar-refractivity contribution in [3.05, 3.63) is 46.3 Å². The first kappa shape index (κ1) is 17.8. The van der Waals surface area contributed by atoms with Gasteiger partial charge in [-0.2, -0.15) is 0 Å². The van der Waals surface area contributed by atoms with Crippen LogP contribution in [0, 0.1) is 0 Å². The minimum Gasteiger partial charge on any atom is -0.356 e. The number of aromatic nitrogens is 5. The fourth-order valence-corrected chi connectivity index (χ4v) is 2.79. The molecule has 0 spiro atoms. The molecule has 0 radical (unpaired) electrons. The van der Waals surface area contributed by atoms with Crippen molar-refractivity contribution in [3.63, 3.8) is 0 Å². The molecule has 0 saturated carbocycles. The number of H-pyrrole nitrogens is 1. The van der Waals surface area contributed by atoms with E-state index in [-0.39, 0.29) is 0 Å². The average Bonchev–Trinajstić information content (AvgIpc) is 3.24. The first-order valence-electron chi connectivity index (χ1n) is 8.29. The van der Waals surface area contributed by atoms with Crippen LogP contribution in [0.1, 0.15) is 25.5 Å². The molecule has 0 unspecified atom stereocenters. The van der Waals surface area contributed by atoms with Crippen LogP contribution in [0.5, 0.6) is 0 Å². The first-order valence-corrected chi connectivity index (χ1v) is 9.04. The summed E-state index contributed by atoms with van der Waals surface area (Å²) in [4.78, 5) is 7.58. The maximum Gasteiger partial charge on any atom is 0.200 e. The van der Waals surface area contributed by atoms with Crippen LogP contribution in [0.25, 0.3) is 11.3 Å². The van der Waals surface area contributed by atoms with E-state index in [2.05, 4.69) is 32.5 Å². The predicted octanol–water partition coefficient (Wildman–Crippen LogP) is 4.43. The number of rotatable bonds is 8. The Balaban J connectivity index is 1.49. The maximum absolute atomic E-state index is 6.06. The third kappa shape index (κ3) is 4.74. The molecule has 0 bridgehead atoms. The number of hydrogen-bond acceptors (Lipinski definition) is 4. The molecule has 1 aromatic carbocycles. The van der Waals surface area contributed by atoms with Crippen LogP contribution in [0.15, 0.2) is 30.6 Å². The Bertz CT molecular complexity index is 826. The molecule has 0 atom stereocenters. The highest BCUT2D eigenvalue weighted by molar-refractivity contribution is 6.42. The average molecular weight is 379 g/mol. The van der Waals surface area contributed by atoms with E-state index in [4.69, 9.17) is 23.2 Å². The van der Waals surface area contributed by atoms with Crippen molar-refractivity contribution >= 4 is 29.2 Å². The lowest BCUT2D eigenvalue weighted by Crippen LogP contribution is -2.08. The van der Waals surface area contributed by atoms with E-state index >= 15 is 0 Å². The molecule has 2 aromatic heterocycles. The Morgan fingerprint density at radius 3 is 2.92 bits per heavy atom. The van der Waals surface area contributed by atoms with E-state index in [0.29, 0.717) is 10.0 Å². The number of benzene rings is 1. The van der Waals surface area contributed by atoms with Crippen molar-refractivity contribution in [1.29, 1.82) is 0 Å². The summed E-state index contributed by atoms with van der Waals surface area (Å²) >= 11 is 12.0.